The summed E-state index contributed by atoms with van der Waals surface area (Å²) in [5, 5.41) is 0. The van der Waals surface area contributed by atoms with Crippen LogP contribution in [0.2, 0.25) is 0 Å². The summed E-state index contributed by atoms with van der Waals surface area (Å²) in [6.45, 7) is 8.61. The Kier molecular flexibility index (Phi) is 5.45. The molecule has 2 heterocycles. The van der Waals surface area contributed by atoms with E-state index in [-0.39, 0.29) is 11.8 Å². The Bertz CT molecular complexity index is 773. The van der Waals surface area contributed by atoms with Gasteiger partial charge in [0.25, 0.3) is 5.91 Å². The highest BCUT2D eigenvalue weighted by atomic mass is 16.2. The van der Waals surface area contributed by atoms with Gasteiger partial charge in [-0.2, -0.15) is 0 Å². The lowest BCUT2D eigenvalue weighted by Gasteiger charge is -2.35. The predicted octanol–water partition coefficient (Wildman–Crippen LogP) is 2.97. The third-order valence-corrected chi connectivity index (χ3v) is 5.10. The third-order valence-electron chi connectivity index (χ3n) is 5.10. The van der Waals surface area contributed by atoms with Crippen molar-refractivity contribution in [3.63, 3.8) is 0 Å². The zero-order chi connectivity index (χ0) is 18.7. The Morgan fingerprint density at radius 1 is 1.08 bits per heavy atom. The second kappa shape index (κ2) is 7.77. The van der Waals surface area contributed by atoms with E-state index in [2.05, 4.69) is 24.9 Å². The van der Waals surface area contributed by atoms with Crippen LogP contribution in [0.4, 0.5) is 0 Å². The van der Waals surface area contributed by atoms with Gasteiger partial charge in [-0.05, 0) is 41.7 Å². The molecule has 0 unspecified atom stereocenters. The Labute approximate surface area is 155 Å². The summed E-state index contributed by atoms with van der Waals surface area (Å²) in [5.41, 5.74) is 3.96. The highest BCUT2D eigenvalue weighted by Gasteiger charge is 2.25. The lowest BCUT2D eigenvalue weighted by Crippen LogP contribution is -2.51. The maximum atomic E-state index is 12.9. The molecule has 1 aliphatic rings. The molecule has 1 aromatic carbocycles. The molecular weight excluding hydrogens is 326 g/mol. The number of benzene rings is 1. The van der Waals surface area contributed by atoms with Gasteiger partial charge in [-0.15, -0.1) is 0 Å². The molecule has 0 aliphatic carbocycles. The summed E-state index contributed by atoms with van der Waals surface area (Å²) < 4.78 is 0. The van der Waals surface area contributed by atoms with E-state index < -0.39 is 0 Å². The predicted molar refractivity (Wildman–Crippen MR) is 102 cm³/mol. The fourth-order valence-electron chi connectivity index (χ4n) is 3.31. The molecule has 1 N–H and O–H groups in total. The maximum Gasteiger partial charge on any atom is 0.254 e. The largest absolute Gasteiger partial charge is 0.367 e. The van der Waals surface area contributed by atoms with Crippen LogP contribution in [0.3, 0.4) is 0 Å². The number of aromatic nitrogens is 1. The molecule has 1 fully saturated rings. The van der Waals surface area contributed by atoms with Crippen LogP contribution in [-0.2, 0) is 11.2 Å². The van der Waals surface area contributed by atoms with Gasteiger partial charge in [0, 0.05) is 44.1 Å². The van der Waals surface area contributed by atoms with Crippen LogP contribution in [0, 0.1) is 6.92 Å². The molecule has 0 spiro atoms. The van der Waals surface area contributed by atoms with E-state index in [4.69, 9.17) is 0 Å². The monoisotopic (exact) mass is 353 g/mol. The number of hydrogen-bond donors (Lipinski definition) is 1. The van der Waals surface area contributed by atoms with Crippen molar-refractivity contribution >= 4 is 11.8 Å². The van der Waals surface area contributed by atoms with Crippen molar-refractivity contribution in [3.05, 3.63) is 58.9 Å². The number of piperazine rings is 1. The fourth-order valence-corrected chi connectivity index (χ4v) is 3.31. The smallest absolute Gasteiger partial charge is 0.254 e. The van der Waals surface area contributed by atoms with E-state index in [9.17, 15) is 9.59 Å². The van der Waals surface area contributed by atoms with E-state index in [1.807, 2.05) is 47.3 Å². The van der Waals surface area contributed by atoms with Crippen molar-refractivity contribution in [2.45, 2.75) is 33.1 Å². The molecule has 0 radical (unpaired) electrons. The first kappa shape index (κ1) is 18.2. The third kappa shape index (κ3) is 3.98. The van der Waals surface area contributed by atoms with Crippen molar-refractivity contribution in [1.82, 2.24) is 14.8 Å². The summed E-state index contributed by atoms with van der Waals surface area (Å²) in [7, 11) is 0. The standard InChI is InChI=1S/C21H27N3O2/c1-15(2)18-5-4-16(3)19(13-18)21(26)24-10-8-23(9-11-24)20(25)12-17-6-7-22-14-17/h4-7,13-15,22H,8-12H2,1-3H3. The number of carbonyl (C=O) groups is 2. The highest BCUT2D eigenvalue weighted by Crippen LogP contribution is 2.20. The number of rotatable bonds is 4. The van der Waals surface area contributed by atoms with Crippen LogP contribution in [0.25, 0.3) is 0 Å². The molecule has 1 aliphatic heterocycles. The van der Waals surface area contributed by atoms with Gasteiger partial charge in [-0.3, -0.25) is 9.59 Å². The second-order valence-electron chi connectivity index (χ2n) is 7.30. The van der Waals surface area contributed by atoms with Gasteiger partial charge < -0.3 is 14.8 Å². The van der Waals surface area contributed by atoms with Gasteiger partial charge in [0.15, 0.2) is 0 Å². The minimum Gasteiger partial charge on any atom is -0.367 e. The van der Waals surface area contributed by atoms with Gasteiger partial charge >= 0.3 is 0 Å². The Morgan fingerprint density at radius 2 is 1.77 bits per heavy atom. The van der Waals surface area contributed by atoms with E-state index in [0.29, 0.717) is 38.5 Å². The molecule has 1 aromatic heterocycles. The van der Waals surface area contributed by atoms with E-state index in [1.165, 1.54) is 5.56 Å². The number of nitrogens with zero attached hydrogens (tertiary/aromatic N) is 2. The first-order valence-corrected chi connectivity index (χ1v) is 9.25. The molecule has 1 saturated heterocycles. The Hall–Kier alpha value is -2.56. The molecule has 5 heteroatoms. The average molecular weight is 353 g/mol. The summed E-state index contributed by atoms with van der Waals surface area (Å²) in [6.07, 6.45) is 4.09. The van der Waals surface area contributed by atoms with E-state index in [1.54, 1.807) is 0 Å². The van der Waals surface area contributed by atoms with Crippen molar-refractivity contribution in [1.29, 1.82) is 0 Å². The van der Waals surface area contributed by atoms with Crippen molar-refractivity contribution < 1.29 is 9.59 Å². The van der Waals surface area contributed by atoms with Crippen LogP contribution in [-0.4, -0.2) is 52.8 Å². The zero-order valence-electron chi connectivity index (χ0n) is 15.8. The SMILES string of the molecule is Cc1ccc(C(C)C)cc1C(=O)N1CCN(C(=O)Cc2cc[nH]c2)CC1. The molecular formula is C21H27N3O2. The highest BCUT2D eigenvalue weighted by molar-refractivity contribution is 5.96. The molecule has 0 saturated carbocycles. The number of aryl methyl sites for hydroxylation is 1. The quantitative estimate of drug-likeness (QED) is 0.919. The van der Waals surface area contributed by atoms with Crippen LogP contribution < -0.4 is 0 Å². The summed E-state index contributed by atoms with van der Waals surface area (Å²) in [4.78, 5) is 32.0. The lowest BCUT2D eigenvalue weighted by molar-refractivity contribution is -0.131. The summed E-state index contributed by atoms with van der Waals surface area (Å²) >= 11 is 0. The minimum absolute atomic E-state index is 0.0720. The fraction of sp³-hybridized carbons (Fsp3) is 0.429. The molecule has 26 heavy (non-hydrogen) atoms. The van der Waals surface area contributed by atoms with Crippen molar-refractivity contribution in [3.8, 4) is 0 Å². The molecule has 0 bridgehead atoms. The van der Waals surface area contributed by atoms with Crippen LogP contribution in [0.15, 0.2) is 36.7 Å². The van der Waals surface area contributed by atoms with Gasteiger partial charge in [-0.25, -0.2) is 0 Å². The summed E-state index contributed by atoms with van der Waals surface area (Å²) in [5.74, 6) is 0.586. The molecule has 138 valence electrons. The first-order valence-electron chi connectivity index (χ1n) is 9.25. The molecule has 0 atom stereocenters. The van der Waals surface area contributed by atoms with E-state index in [0.717, 1.165) is 16.7 Å². The molecule has 5 nitrogen and oxygen atoms in total. The lowest BCUT2D eigenvalue weighted by atomic mass is 9.97. The topological polar surface area (TPSA) is 56.4 Å². The van der Waals surface area contributed by atoms with Gasteiger partial charge in [0.05, 0.1) is 6.42 Å². The molecule has 2 amide bonds. The van der Waals surface area contributed by atoms with Gasteiger partial charge in [0.2, 0.25) is 5.91 Å². The van der Waals surface area contributed by atoms with Gasteiger partial charge in [0.1, 0.15) is 0 Å². The minimum atomic E-state index is 0.0720. The van der Waals surface area contributed by atoms with Crippen molar-refractivity contribution in [2.24, 2.45) is 0 Å². The molecule has 3 rings (SSSR count). The van der Waals surface area contributed by atoms with Crippen molar-refractivity contribution in [2.75, 3.05) is 26.2 Å². The normalized spacial score (nSPS) is 14.8. The second-order valence-corrected chi connectivity index (χ2v) is 7.30. The van der Waals surface area contributed by atoms with Crippen LogP contribution >= 0.6 is 0 Å². The average Bonchev–Trinajstić information content (AvgIpc) is 3.14. The van der Waals surface area contributed by atoms with Gasteiger partial charge in [-0.1, -0.05) is 26.0 Å². The van der Waals surface area contributed by atoms with Crippen LogP contribution in [0.5, 0.6) is 0 Å². The molecule has 2 aromatic rings. The Balaban J connectivity index is 1.62. The number of hydrogen-bond acceptors (Lipinski definition) is 2. The number of carbonyl (C=O) groups excluding carboxylic acids is 2. The number of H-pyrrole nitrogens is 1. The van der Waals surface area contributed by atoms with E-state index >= 15 is 0 Å². The number of amides is 2. The van der Waals surface area contributed by atoms with Crippen LogP contribution in [0.1, 0.15) is 46.8 Å². The number of nitrogens with one attached hydrogen (secondary N) is 1. The number of aromatic amines is 1. The Morgan fingerprint density at radius 3 is 2.38 bits per heavy atom. The first-order chi connectivity index (χ1) is 12.5. The summed E-state index contributed by atoms with van der Waals surface area (Å²) in [6, 6.07) is 8.06. The maximum absolute atomic E-state index is 12.9. The zero-order valence-corrected chi connectivity index (χ0v) is 15.8.